The fraction of sp³-hybridized carbons (Fsp3) is 0.385. The number of carbonyl (C=O) groups is 1. The van der Waals surface area contributed by atoms with Crippen LogP contribution in [0, 0.1) is 32.1 Å². The van der Waals surface area contributed by atoms with Crippen molar-refractivity contribution >= 4 is 5.91 Å². The summed E-state index contributed by atoms with van der Waals surface area (Å²) in [6.07, 6.45) is -0.0795. The Morgan fingerprint density at radius 2 is 1.88 bits per heavy atom. The number of hydrogen-bond acceptors (Lipinski definition) is 2. The molecule has 3 nitrogen and oxygen atoms in total. The van der Waals surface area contributed by atoms with E-state index in [0.29, 0.717) is 6.54 Å². The van der Waals surface area contributed by atoms with Gasteiger partial charge in [-0.05, 0) is 43.0 Å². The van der Waals surface area contributed by atoms with Crippen LogP contribution >= 0.6 is 0 Å². The molecule has 1 amide bonds. The molecular formula is C13H16N2O. The van der Waals surface area contributed by atoms with Crippen molar-refractivity contribution in [2.45, 2.75) is 33.7 Å². The van der Waals surface area contributed by atoms with Crippen molar-refractivity contribution in [2.24, 2.45) is 0 Å². The fourth-order valence-corrected chi connectivity index (χ4v) is 1.54. The highest BCUT2D eigenvalue weighted by Gasteiger charge is 2.04. The summed E-state index contributed by atoms with van der Waals surface area (Å²) >= 11 is 0. The summed E-state index contributed by atoms with van der Waals surface area (Å²) in [7, 11) is 0. The van der Waals surface area contributed by atoms with Gasteiger partial charge in [-0.15, -0.1) is 0 Å². The van der Waals surface area contributed by atoms with Crippen molar-refractivity contribution < 1.29 is 4.79 Å². The van der Waals surface area contributed by atoms with E-state index < -0.39 is 0 Å². The van der Waals surface area contributed by atoms with E-state index in [2.05, 4.69) is 31.3 Å². The topological polar surface area (TPSA) is 52.9 Å². The van der Waals surface area contributed by atoms with Crippen molar-refractivity contribution in [2.75, 3.05) is 0 Å². The Kier molecular flexibility index (Phi) is 4.07. The Hall–Kier alpha value is -1.82. The lowest BCUT2D eigenvalue weighted by Crippen LogP contribution is -2.22. The van der Waals surface area contributed by atoms with Crippen LogP contribution in [0.25, 0.3) is 0 Å². The molecule has 0 saturated carbocycles. The second kappa shape index (κ2) is 5.32. The molecule has 16 heavy (non-hydrogen) atoms. The van der Waals surface area contributed by atoms with Crippen LogP contribution in [0.5, 0.6) is 0 Å². The number of rotatable bonds is 3. The largest absolute Gasteiger partial charge is 0.351 e. The number of hydrogen-bond donors (Lipinski definition) is 1. The van der Waals surface area contributed by atoms with Crippen LogP contribution in [0.15, 0.2) is 12.1 Å². The Labute approximate surface area is 96.1 Å². The summed E-state index contributed by atoms with van der Waals surface area (Å²) in [6.45, 7) is 6.64. The molecule has 0 aliphatic carbocycles. The summed E-state index contributed by atoms with van der Waals surface area (Å²) in [5.41, 5.74) is 4.74. The molecule has 0 aliphatic heterocycles. The first-order valence-electron chi connectivity index (χ1n) is 5.25. The number of aryl methyl sites for hydroxylation is 3. The molecule has 1 aromatic rings. The molecule has 1 N–H and O–H groups in total. The molecule has 1 aromatic carbocycles. The second-order valence-corrected chi connectivity index (χ2v) is 3.97. The van der Waals surface area contributed by atoms with E-state index in [1.807, 2.05) is 13.0 Å². The summed E-state index contributed by atoms with van der Waals surface area (Å²) in [6, 6.07) is 6.02. The lowest BCUT2D eigenvalue weighted by atomic mass is 10.0. The Morgan fingerprint density at radius 3 is 2.50 bits per heavy atom. The minimum atomic E-state index is -0.222. The van der Waals surface area contributed by atoms with E-state index in [1.54, 1.807) is 0 Å². The normalized spacial score (nSPS) is 9.62. The van der Waals surface area contributed by atoms with Gasteiger partial charge in [-0.3, -0.25) is 4.79 Å². The molecule has 0 saturated heterocycles. The van der Waals surface area contributed by atoms with Gasteiger partial charge in [0.25, 0.3) is 0 Å². The SMILES string of the molecule is Cc1cc(C)c(CNC(=O)CC#N)cc1C. The predicted octanol–water partition coefficient (Wildman–Crippen LogP) is 2.14. The molecule has 0 aromatic heterocycles. The highest BCUT2D eigenvalue weighted by Crippen LogP contribution is 2.14. The standard InChI is InChI=1S/C13H16N2O/c1-9-6-11(3)12(7-10(9)2)8-15-13(16)4-5-14/h6-7H,4,8H2,1-3H3,(H,15,16). The second-order valence-electron chi connectivity index (χ2n) is 3.97. The van der Waals surface area contributed by atoms with Crippen LogP contribution in [-0.4, -0.2) is 5.91 Å². The molecule has 0 radical (unpaired) electrons. The third-order valence-corrected chi connectivity index (χ3v) is 2.67. The van der Waals surface area contributed by atoms with Crippen molar-refractivity contribution in [3.8, 4) is 6.07 Å². The van der Waals surface area contributed by atoms with Gasteiger partial charge in [0, 0.05) is 6.54 Å². The monoisotopic (exact) mass is 216 g/mol. The predicted molar refractivity (Wildman–Crippen MR) is 62.7 cm³/mol. The van der Waals surface area contributed by atoms with Gasteiger partial charge in [0.05, 0.1) is 6.07 Å². The third-order valence-electron chi connectivity index (χ3n) is 2.67. The Bertz CT molecular complexity index is 444. The molecule has 0 heterocycles. The molecule has 0 unspecified atom stereocenters. The van der Waals surface area contributed by atoms with Crippen molar-refractivity contribution in [3.63, 3.8) is 0 Å². The summed E-state index contributed by atoms with van der Waals surface area (Å²) < 4.78 is 0. The zero-order chi connectivity index (χ0) is 12.1. The number of carbonyl (C=O) groups excluding carboxylic acids is 1. The van der Waals surface area contributed by atoms with Crippen LogP contribution in [0.3, 0.4) is 0 Å². The third kappa shape index (κ3) is 3.09. The molecular weight excluding hydrogens is 200 g/mol. The number of amides is 1. The van der Waals surface area contributed by atoms with Gasteiger partial charge in [-0.25, -0.2) is 0 Å². The molecule has 0 fully saturated rings. The average Bonchev–Trinajstić information content (AvgIpc) is 2.22. The number of nitrogens with one attached hydrogen (secondary N) is 1. The minimum absolute atomic E-state index is 0.0795. The van der Waals surface area contributed by atoms with Gasteiger partial charge in [0.1, 0.15) is 6.42 Å². The van der Waals surface area contributed by atoms with Crippen LogP contribution in [0.4, 0.5) is 0 Å². The van der Waals surface area contributed by atoms with Gasteiger partial charge in [0.15, 0.2) is 0 Å². The van der Waals surface area contributed by atoms with Crippen LogP contribution in [0.2, 0.25) is 0 Å². The van der Waals surface area contributed by atoms with E-state index in [-0.39, 0.29) is 12.3 Å². The van der Waals surface area contributed by atoms with Crippen LogP contribution in [-0.2, 0) is 11.3 Å². The van der Waals surface area contributed by atoms with E-state index in [4.69, 9.17) is 5.26 Å². The van der Waals surface area contributed by atoms with E-state index in [9.17, 15) is 4.79 Å². The first-order valence-corrected chi connectivity index (χ1v) is 5.25. The zero-order valence-electron chi connectivity index (χ0n) is 9.92. The summed E-state index contributed by atoms with van der Waals surface area (Å²) in [4.78, 5) is 11.1. The maximum Gasteiger partial charge on any atom is 0.234 e. The van der Waals surface area contributed by atoms with Crippen molar-refractivity contribution in [3.05, 3.63) is 34.4 Å². The smallest absolute Gasteiger partial charge is 0.234 e. The number of nitriles is 1. The Morgan fingerprint density at radius 1 is 1.25 bits per heavy atom. The van der Waals surface area contributed by atoms with E-state index in [0.717, 1.165) is 5.56 Å². The van der Waals surface area contributed by atoms with Gasteiger partial charge in [-0.1, -0.05) is 12.1 Å². The maximum atomic E-state index is 11.1. The average molecular weight is 216 g/mol. The Balaban J connectivity index is 2.72. The highest BCUT2D eigenvalue weighted by atomic mass is 16.1. The number of benzene rings is 1. The van der Waals surface area contributed by atoms with Gasteiger partial charge in [-0.2, -0.15) is 5.26 Å². The lowest BCUT2D eigenvalue weighted by Gasteiger charge is -2.10. The summed E-state index contributed by atoms with van der Waals surface area (Å²) in [5.74, 6) is -0.222. The lowest BCUT2D eigenvalue weighted by molar-refractivity contribution is -0.120. The highest BCUT2D eigenvalue weighted by molar-refractivity contribution is 5.77. The molecule has 0 atom stereocenters. The van der Waals surface area contributed by atoms with Crippen LogP contribution < -0.4 is 5.32 Å². The molecule has 0 aliphatic rings. The van der Waals surface area contributed by atoms with Gasteiger partial charge >= 0.3 is 0 Å². The van der Waals surface area contributed by atoms with E-state index >= 15 is 0 Å². The first-order chi connectivity index (χ1) is 7.54. The molecule has 0 spiro atoms. The van der Waals surface area contributed by atoms with E-state index in [1.165, 1.54) is 16.7 Å². The zero-order valence-corrected chi connectivity index (χ0v) is 9.92. The van der Waals surface area contributed by atoms with Gasteiger partial charge in [0.2, 0.25) is 5.91 Å². The van der Waals surface area contributed by atoms with Crippen molar-refractivity contribution in [1.82, 2.24) is 5.32 Å². The quantitative estimate of drug-likeness (QED) is 0.841. The minimum Gasteiger partial charge on any atom is -0.351 e. The number of nitrogens with zero attached hydrogens (tertiary/aromatic N) is 1. The molecule has 3 heteroatoms. The first kappa shape index (κ1) is 12.3. The van der Waals surface area contributed by atoms with Crippen LogP contribution in [0.1, 0.15) is 28.7 Å². The fourth-order valence-electron chi connectivity index (χ4n) is 1.54. The van der Waals surface area contributed by atoms with Crippen molar-refractivity contribution in [1.29, 1.82) is 5.26 Å². The van der Waals surface area contributed by atoms with Gasteiger partial charge < -0.3 is 5.32 Å². The summed E-state index contributed by atoms with van der Waals surface area (Å²) in [5, 5.41) is 11.1. The molecule has 0 bridgehead atoms. The maximum absolute atomic E-state index is 11.1. The molecule has 84 valence electrons. The molecule has 1 rings (SSSR count).